The lowest BCUT2D eigenvalue weighted by molar-refractivity contribution is -0.140. The second-order valence-corrected chi connectivity index (χ2v) is 13.4. The number of hydrogen-bond donors (Lipinski definition) is 0. The zero-order valence-corrected chi connectivity index (χ0v) is 25.1. The number of piperidine rings is 1. The van der Waals surface area contributed by atoms with Gasteiger partial charge in [-0.2, -0.15) is 13.2 Å². The molecular weight excluding hydrogens is 593 g/mol. The highest BCUT2D eigenvalue weighted by molar-refractivity contribution is 7.88. The van der Waals surface area contributed by atoms with Gasteiger partial charge in [-0.3, -0.25) is 4.79 Å². The van der Waals surface area contributed by atoms with Crippen LogP contribution >= 0.6 is 23.2 Å². The fraction of sp³-hybridized carbons (Fsp3) is 0.519. The third-order valence-electron chi connectivity index (χ3n) is 7.65. The molecule has 1 heterocycles. The number of likely N-dealkylation sites (N-methyl/N-ethyl adjacent to an activating group) is 1. The molecule has 0 spiro atoms. The molecule has 3 rings (SSSR count). The van der Waals surface area contributed by atoms with Crippen LogP contribution in [0.25, 0.3) is 0 Å². The Morgan fingerprint density at radius 2 is 1.68 bits per heavy atom. The third-order valence-corrected chi connectivity index (χ3v) is 9.74. The summed E-state index contributed by atoms with van der Waals surface area (Å²) >= 11 is 12.4. The van der Waals surface area contributed by atoms with Gasteiger partial charge in [0.15, 0.2) is 0 Å². The second-order valence-electron chi connectivity index (χ2n) is 10.5. The maximum atomic E-state index is 13.9. The molecule has 0 aromatic heterocycles. The predicted octanol–water partition coefficient (Wildman–Crippen LogP) is 5.81. The van der Waals surface area contributed by atoms with Gasteiger partial charge in [-0.05, 0) is 81.2 Å². The zero-order valence-electron chi connectivity index (χ0n) is 22.7. The van der Waals surface area contributed by atoms with E-state index < -0.39 is 33.0 Å². The fourth-order valence-electron chi connectivity index (χ4n) is 5.03. The van der Waals surface area contributed by atoms with E-state index >= 15 is 0 Å². The molecule has 1 saturated heterocycles. The molecule has 1 unspecified atom stereocenters. The Balaban J connectivity index is 1.81. The van der Waals surface area contributed by atoms with Crippen molar-refractivity contribution in [2.45, 2.75) is 50.4 Å². The number of rotatable bonds is 9. The number of likely N-dealkylation sites (tertiary alicyclic amines) is 1. The number of nitrogens with zero attached hydrogens (tertiary/aromatic N) is 3. The van der Waals surface area contributed by atoms with Crippen LogP contribution in [0.3, 0.4) is 0 Å². The number of carbonyl (C=O) groups excluding carboxylic acids is 1. The molecule has 40 heavy (non-hydrogen) atoms. The van der Waals surface area contributed by atoms with E-state index in [1.54, 1.807) is 32.2 Å². The summed E-state index contributed by atoms with van der Waals surface area (Å²) in [6.07, 6.45) is -2.03. The smallest absolute Gasteiger partial charge is 0.341 e. The van der Waals surface area contributed by atoms with Crippen molar-refractivity contribution in [1.82, 2.24) is 14.1 Å². The molecular formula is C27H33Cl2F4N3O3S. The average molecular weight is 627 g/mol. The van der Waals surface area contributed by atoms with E-state index in [-0.39, 0.29) is 29.1 Å². The van der Waals surface area contributed by atoms with E-state index in [0.29, 0.717) is 55.5 Å². The van der Waals surface area contributed by atoms with Gasteiger partial charge in [0.05, 0.1) is 27.3 Å². The Morgan fingerprint density at radius 1 is 1.05 bits per heavy atom. The summed E-state index contributed by atoms with van der Waals surface area (Å²) in [7, 11) is -0.240. The monoisotopic (exact) mass is 625 g/mol. The summed E-state index contributed by atoms with van der Waals surface area (Å²) in [4.78, 5) is 17.4. The second kappa shape index (κ2) is 12.5. The lowest BCUT2D eigenvalue weighted by atomic mass is 9.77. The number of hydrogen-bond acceptors (Lipinski definition) is 4. The molecule has 1 aliphatic heterocycles. The van der Waals surface area contributed by atoms with Crippen molar-refractivity contribution in [3.05, 3.63) is 69.0 Å². The van der Waals surface area contributed by atoms with Crippen molar-refractivity contribution in [3.8, 4) is 0 Å². The number of halogens is 6. The van der Waals surface area contributed by atoms with Crippen LogP contribution in [0.5, 0.6) is 0 Å². The normalized spacial score (nSPS) is 17.2. The molecule has 0 saturated carbocycles. The van der Waals surface area contributed by atoms with E-state index in [1.165, 1.54) is 28.6 Å². The predicted molar refractivity (Wildman–Crippen MR) is 148 cm³/mol. The third kappa shape index (κ3) is 7.67. The molecule has 1 amide bonds. The van der Waals surface area contributed by atoms with E-state index in [0.717, 1.165) is 6.07 Å². The molecule has 0 radical (unpaired) electrons. The molecule has 0 bridgehead atoms. The van der Waals surface area contributed by atoms with Crippen LogP contribution < -0.4 is 0 Å². The maximum absolute atomic E-state index is 13.9. The highest BCUT2D eigenvalue weighted by Crippen LogP contribution is 2.36. The van der Waals surface area contributed by atoms with Gasteiger partial charge in [0, 0.05) is 26.7 Å². The Bertz CT molecular complexity index is 1330. The van der Waals surface area contributed by atoms with E-state index in [9.17, 15) is 30.8 Å². The van der Waals surface area contributed by atoms with Crippen LogP contribution in [0.1, 0.15) is 42.9 Å². The quantitative estimate of drug-likeness (QED) is 0.330. The first-order valence-corrected chi connectivity index (χ1v) is 15.3. The first-order valence-electron chi connectivity index (χ1n) is 12.7. The summed E-state index contributed by atoms with van der Waals surface area (Å²) in [6, 6.07) is 7.50. The van der Waals surface area contributed by atoms with Crippen molar-refractivity contribution in [1.29, 1.82) is 0 Å². The van der Waals surface area contributed by atoms with Gasteiger partial charge < -0.3 is 9.80 Å². The van der Waals surface area contributed by atoms with Crippen molar-refractivity contribution in [2.24, 2.45) is 0 Å². The largest absolute Gasteiger partial charge is 0.419 e. The SMILES string of the molecule is CN(Cc1ccc(F)c(C(F)(F)F)c1)C(=O)C(C)(CCN1CCC(N(C)S(C)(=O)=O)CC1)c1ccc(Cl)c(Cl)c1. The highest BCUT2D eigenvalue weighted by Gasteiger charge is 2.39. The van der Waals surface area contributed by atoms with Crippen LogP contribution in [0.2, 0.25) is 10.0 Å². The summed E-state index contributed by atoms with van der Waals surface area (Å²) in [6.45, 7) is 3.38. The van der Waals surface area contributed by atoms with Gasteiger partial charge in [0.25, 0.3) is 0 Å². The fourth-order valence-corrected chi connectivity index (χ4v) is 6.08. The van der Waals surface area contributed by atoms with Gasteiger partial charge in [0.2, 0.25) is 15.9 Å². The van der Waals surface area contributed by atoms with Crippen molar-refractivity contribution in [2.75, 3.05) is 40.0 Å². The topological polar surface area (TPSA) is 60.9 Å². The highest BCUT2D eigenvalue weighted by atomic mass is 35.5. The van der Waals surface area contributed by atoms with Gasteiger partial charge >= 0.3 is 6.18 Å². The molecule has 6 nitrogen and oxygen atoms in total. The summed E-state index contributed by atoms with van der Waals surface area (Å²) in [5.41, 5.74) is -1.77. The van der Waals surface area contributed by atoms with Crippen LogP contribution in [-0.4, -0.2) is 74.5 Å². The number of amides is 1. The summed E-state index contributed by atoms with van der Waals surface area (Å²) < 4.78 is 78.7. The minimum Gasteiger partial charge on any atom is -0.341 e. The van der Waals surface area contributed by atoms with E-state index in [1.807, 2.05) is 0 Å². The molecule has 1 aliphatic rings. The lowest BCUT2D eigenvalue weighted by Gasteiger charge is -2.38. The summed E-state index contributed by atoms with van der Waals surface area (Å²) in [5, 5.41) is 0.579. The first kappa shape index (κ1) is 32.6. The van der Waals surface area contributed by atoms with Gasteiger partial charge in [0.1, 0.15) is 5.82 Å². The van der Waals surface area contributed by atoms with Crippen LogP contribution in [0, 0.1) is 5.82 Å². The van der Waals surface area contributed by atoms with Crippen molar-refractivity contribution in [3.63, 3.8) is 0 Å². The molecule has 0 aliphatic carbocycles. The zero-order chi connectivity index (χ0) is 30.0. The Morgan fingerprint density at radius 3 is 2.23 bits per heavy atom. The average Bonchev–Trinajstić information content (AvgIpc) is 2.88. The standard InChI is InChI=1S/C27H33Cl2F4N3O3S/c1-26(19-6-7-22(28)23(29)16-19,11-14-36-12-9-20(10-13-36)35(3)40(4,38)39)25(37)34(2)17-18-5-8-24(30)21(15-18)27(31,32)33/h5-8,15-16,20H,9-14,17H2,1-4H3. The van der Waals surface area contributed by atoms with Crippen LogP contribution in [0.4, 0.5) is 17.6 Å². The van der Waals surface area contributed by atoms with Crippen molar-refractivity contribution >= 4 is 39.1 Å². The molecule has 0 N–H and O–H groups in total. The van der Waals surface area contributed by atoms with Gasteiger partial charge in [-0.25, -0.2) is 17.1 Å². The van der Waals surface area contributed by atoms with Gasteiger partial charge in [-0.1, -0.05) is 35.3 Å². The number of alkyl halides is 3. The minimum absolute atomic E-state index is 0.0993. The number of benzene rings is 2. The molecule has 1 atom stereocenters. The Labute approximate surface area is 242 Å². The summed E-state index contributed by atoms with van der Waals surface area (Å²) in [5.74, 6) is -1.73. The van der Waals surface area contributed by atoms with Crippen LogP contribution in [-0.2, 0) is 33.0 Å². The number of sulfonamides is 1. The molecule has 2 aromatic carbocycles. The number of carbonyl (C=O) groups is 1. The minimum atomic E-state index is -4.86. The van der Waals surface area contributed by atoms with Crippen molar-refractivity contribution < 1.29 is 30.8 Å². The Hall–Kier alpha value is -1.92. The maximum Gasteiger partial charge on any atom is 0.419 e. The molecule has 2 aromatic rings. The van der Waals surface area contributed by atoms with E-state index in [4.69, 9.17) is 23.2 Å². The van der Waals surface area contributed by atoms with Gasteiger partial charge in [-0.15, -0.1) is 0 Å². The first-order chi connectivity index (χ1) is 18.4. The molecule has 1 fully saturated rings. The molecule has 13 heteroatoms. The lowest BCUT2D eigenvalue weighted by Crippen LogP contribution is -2.48. The van der Waals surface area contributed by atoms with E-state index in [2.05, 4.69) is 4.90 Å². The molecule has 222 valence electrons. The van der Waals surface area contributed by atoms with Crippen LogP contribution in [0.15, 0.2) is 36.4 Å². The Kier molecular flexibility index (Phi) is 10.2.